The molecule has 6 nitrogen and oxygen atoms in total. The highest BCUT2D eigenvalue weighted by molar-refractivity contribution is 5.71. The lowest BCUT2D eigenvalue weighted by atomic mass is 10.0. The maximum Gasteiger partial charge on any atom is 0.306 e. The van der Waals surface area contributed by atoms with Crippen LogP contribution in [0.1, 0.15) is 348 Å². The number of hydrogen-bond donors (Lipinski definition) is 0. The Morgan fingerprint density at radius 2 is 0.500 bits per heavy atom. The van der Waals surface area contributed by atoms with E-state index in [9.17, 15) is 14.4 Å². The minimum atomic E-state index is -0.812. The molecule has 0 aliphatic carbocycles. The highest BCUT2D eigenvalue weighted by atomic mass is 16.6. The standard InChI is InChI=1S/C76H132O6/c1-4-7-10-13-16-19-22-24-26-28-30-32-34-35-36-37-38-39-40-42-43-45-47-49-51-54-57-60-63-66-69-75(78)81-72-73(71-80-74(77)68-65-62-59-56-53-21-18-15-12-9-6-3)82-76(79)70-67-64-61-58-55-52-50-48-46-44-41-33-31-29-27-25-23-20-17-14-11-8-5-2/h8,11,15,17-18,20,25,27,31,33,44,46,50,52,58,61,73H,4-7,9-10,12-14,16,19,21-24,26,28-30,32,34-43,45,47-49,51,53-57,59-60,62-72H2,1-3H3/b11-8-,18-15-,20-17-,27-25-,33-31-,46-44-,52-50-,61-58-. The third-order valence-electron chi connectivity index (χ3n) is 15.3. The van der Waals surface area contributed by atoms with Gasteiger partial charge in [-0.2, -0.15) is 0 Å². The van der Waals surface area contributed by atoms with Gasteiger partial charge in [0.15, 0.2) is 6.10 Å². The van der Waals surface area contributed by atoms with Crippen molar-refractivity contribution in [3.8, 4) is 0 Å². The smallest absolute Gasteiger partial charge is 0.306 e. The van der Waals surface area contributed by atoms with Crippen molar-refractivity contribution >= 4 is 17.9 Å². The van der Waals surface area contributed by atoms with Crippen LogP contribution >= 0.6 is 0 Å². The molecule has 0 radical (unpaired) electrons. The van der Waals surface area contributed by atoms with E-state index in [0.717, 1.165) is 103 Å². The van der Waals surface area contributed by atoms with Gasteiger partial charge < -0.3 is 14.2 Å². The zero-order chi connectivity index (χ0) is 59.2. The van der Waals surface area contributed by atoms with Crippen molar-refractivity contribution in [2.45, 2.75) is 354 Å². The Morgan fingerprint density at radius 1 is 0.256 bits per heavy atom. The Kier molecular flexibility index (Phi) is 66.7. The lowest BCUT2D eigenvalue weighted by Crippen LogP contribution is -2.30. The molecule has 0 amide bonds. The van der Waals surface area contributed by atoms with Crippen LogP contribution in [0, 0.1) is 0 Å². The van der Waals surface area contributed by atoms with Gasteiger partial charge >= 0.3 is 17.9 Å². The third-order valence-corrected chi connectivity index (χ3v) is 15.3. The second kappa shape index (κ2) is 69.8. The molecule has 0 spiro atoms. The molecule has 0 aromatic heterocycles. The molecule has 0 aromatic carbocycles. The van der Waals surface area contributed by atoms with Crippen molar-refractivity contribution in [2.24, 2.45) is 0 Å². The Hall–Kier alpha value is -3.67. The molecule has 0 aliphatic rings. The molecule has 6 heteroatoms. The lowest BCUT2D eigenvalue weighted by molar-refractivity contribution is -0.167. The summed E-state index contributed by atoms with van der Waals surface area (Å²) in [6.07, 6.45) is 94.6. The van der Waals surface area contributed by atoms with Crippen LogP contribution in [0.5, 0.6) is 0 Å². The normalized spacial score (nSPS) is 12.7. The van der Waals surface area contributed by atoms with Crippen molar-refractivity contribution in [2.75, 3.05) is 13.2 Å². The van der Waals surface area contributed by atoms with Gasteiger partial charge in [-0.15, -0.1) is 0 Å². The zero-order valence-corrected chi connectivity index (χ0v) is 54.2. The Morgan fingerprint density at radius 3 is 0.829 bits per heavy atom. The maximum absolute atomic E-state index is 12.9. The predicted molar refractivity (Wildman–Crippen MR) is 357 cm³/mol. The molecule has 0 bridgehead atoms. The van der Waals surface area contributed by atoms with E-state index in [2.05, 4.69) is 118 Å². The molecule has 1 atom stereocenters. The monoisotopic (exact) mass is 1140 g/mol. The average molecular weight is 1140 g/mol. The summed E-state index contributed by atoms with van der Waals surface area (Å²) in [6.45, 7) is 6.47. The molecule has 0 aliphatic heterocycles. The average Bonchev–Trinajstić information content (AvgIpc) is 3.48. The molecule has 472 valence electrons. The first kappa shape index (κ1) is 78.3. The predicted octanol–water partition coefficient (Wildman–Crippen LogP) is 24.4. The van der Waals surface area contributed by atoms with Crippen LogP contribution in [-0.4, -0.2) is 37.2 Å². The van der Waals surface area contributed by atoms with Crippen LogP contribution in [0.25, 0.3) is 0 Å². The first-order valence-corrected chi connectivity index (χ1v) is 35.2. The van der Waals surface area contributed by atoms with Gasteiger partial charge in [-0.1, -0.05) is 336 Å². The number of esters is 3. The summed E-state index contributed by atoms with van der Waals surface area (Å²) >= 11 is 0. The topological polar surface area (TPSA) is 78.9 Å². The first-order valence-electron chi connectivity index (χ1n) is 35.2. The van der Waals surface area contributed by atoms with Crippen LogP contribution in [-0.2, 0) is 28.6 Å². The van der Waals surface area contributed by atoms with E-state index in [-0.39, 0.29) is 37.5 Å². The van der Waals surface area contributed by atoms with Gasteiger partial charge in [-0.25, -0.2) is 0 Å². The minimum absolute atomic E-state index is 0.101. The molecule has 0 saturated carbocycles. The van der Waals surface area contributed by atoms with Crippen molar-refractivity contribution in [3.05, 3.63) is 97.2 Å². The zero-order valence-electron chi connectivity index (χ0n) is 54.2. The summed E-state index contributed by atoms with van der Waals surface area (Å²) < 4.78 is 16.9. The van der Waals surface area contributed by atoms with Gasteiger partial charge in [0.1, 0.15) is 13.2 Å². The summed E-state index contributed by atoms with van der Waals surface area (Å²) in [6, 6.07) is 0. The second-order valence-corrected chi connectivity index (χ2v) is 23.4. The summed E-state index contributed by atoms with van der Waals surface area (Å²) in [5.74, 6) is -0.959. The van der Waals surface area contributed by atoms with E-state index in [1.165, 1.54) is 199 Å². The SMILES string of the molecule is CC/C=C\C/C=C\C/C=C\C/C=C\C/C=C\C/C=C\C/C=C\CCCC(=O)OC(COC(=O)CCCCCCC/C=C\CCCC)COC(=O)CCCCCCCCCCCCCCCCCCCCCCCCCCCCCCCC. The fraction of sp³-hybridized carbons (Fsp3) is 0.750. The highest BCUT2D eigenvalue weighted by Gasteiger charge is 2.19. The number of hydrogen-bond acceptors (Lipinski definition) is 6. The van der Waals surface area contributed by atoms with Crippen LogP contribution in [0.3, 0.4) is 0 Å². The fourth-order valence-corrected chi connectivity index (χ4v) is 10.1. The number of unbranched alkanes of at least 4 members (excludes halogenated alkanes) is 37. The molecule has 0 fully saturated rings. The van der Waals surface area contributed by atoms with Crippen molar-refractivity contribution in [1.82, 2.24) is 0 Å². The van der Waals surface area contributed by atoms with E-state index in [1.807, 2.05) is 0 Å². The fourth-order valence-electron chi connectivity index (χ4n) is 10.1. The minimum Gasteiger partial charge on any atom is -0.462 e. The molecular weight excluding hydrogens is 1010 g/mol. The summed E-state index contributed by atoms with van der Waals surface area (Å²) in [5, 5.41) is 0. The molecule has 0 N–H and O–H groups in total. The molecular formula is C76H132O6. The Bertz CT molecular complexity index is 1590. The largest absolute Gasteiger partial charge is 0.462 e. The first-order chi connectivity index (χ1) is 40.5. The van der Waals surface area contributed by atoms with Gasteiger partial charge in [-0.3, -0.25) is 14.4 Å². The molecule has 0 rings (SSSR count). The Balaban J connectivity index is 4.25. The number of carbonyl (C=O) groups is 3. The van der Waals surface area contributed by atoms with Crippen LogP contribution in [0.15, 0.2) is 97.2 Å². The Labute approximate surface area is 508 Å². The molecule has 82 heavy (non-hydrogen) atoms. The number of rotatable bonds is 64. The maximum atomic E-state index is 12.9. The van der Waals surface area contributed by atoms with E-state index in [0.29, 0.717) is 19.3 Å². The van der Waals surface area contributed by atoms with E-state index < -0.39 is 6.10 Å². The number of ether oxygens (including phenoxy) is 3. The van der Waals surface area contributed by atoms with Crippen molar-refractivity contribution in [3.63, 3.8) is 0 Å². The lowest BCUT2D eigenvalue weighted by Gasteiger charge is -2.18. The van der Waals surface area contributed by atoms with Crippen LogP contribution in [0.4, 0.5) is 0 Å². The van der Waals surface area contributed by atoms with Gasteiger partial charge in [0.25, 0.3) is 0 Å². The van der Waals surface area contributed by atoms with E-state index >= 15 is 0 Å². The van der Waals surface area contributed by atoms with Gasteiger partial charge in [0, 0.05) is 19.3 Å². The molecule has 0 saturated heterocycles. The molecule has 1 unspecified atom stereocenters. The number of allylic oxidation sites excluding steroid dienone is 16. The van der Waals surface area contributed by atoms with Crippen LogP contribution < -0.4 is 0 Å². The molecule has 0 aromatic rings. The summed E-state index contributed by atoms with van der Waals surface area (Å²) in [5.41, 5.74) is 0. The quantitative estimate of drug-likeness (QED) is 0.0261. The number of carbonyl (C=O) groups excluding carboxylic acids is 3. The van der Waals surface area contributed by atoms with E-state index in [1.54, 1.807) is 0 Å². The summed E-state index contributed by atoms with van der Waals surface area (Å²) in [7, 11) is 0. The second-order valence-electron chi connectivity index (χ2n) is 23.4. The van der Waals surface area contributed by atoms with Gasteiger partial charge in [0.2, 0.25) is 0 Å². The van der Waals surface area contributed by atoms with Crippen molar-refractivity contribution < 1.29 is 28.6 Å². The highest BCUT2D eigenvalue weighted by Crippen LogP contribution is 2.18. The van der Waals surface area contributed by atoms with Crippen molar-refractivity contribution in [1.29, 1.82) is 0 Å². The third kappa shape index (κ3) is 67.1. The van der Waals surface area contributed by atoms with Gasteiger partial charge in [-0.05, 0) is 89.9 Å². The van der Waals surface area contributed by atoms with Crippen LogP contribution in [0.2, 0.25) is 0 Å². The van der Waals surface area contributed by atoms with Gasteiger partial charge in [0.05, 0.1) is 0 Å². The summed E-state index contributed by atoms with van der Waals surface area (Å²) in [4.78, 5) is 38.3. The molecule has 0 heterocycles. The van der Waals surface area contributed by atoms with E-state index in [4.69, 9.17) is 14.2 Å².